The number of hydrogen-bond acceptors (Lipinski definition) is 2. The molecule has 0 saturated heterocycles. The van der Waals surface area contributed by atoms with Crippen LogP contribution in [0.15, 0.2) is 35.2 Å². The van der Waals surface area contributed by atoms with Crippen LogP contribution in [0.25, 0.3) is 10.8 Å². The molecule has 3 nitrogen and oxygen atoms in total. The molecule has 16 heavy (non-hydrogen) atoms. The Bertz CT molecular complexity index is 665. The predicted octanol–water partition coefficient (Wildman–Crippen LogP) is 2.45. The average Bonchev–Trinajstić information content (AvgIpc) is 2.17. The molecule has 0 radical (unpaired) electrons. The Morgan fingerprint density at radius 1 is 1.25 bits per heavy atom. The molecule has 0 aliphatic carbocycles. The Morgan fingerprint density at radius 3 is 2.56 bits per heavy atom. The summed E-state index contributed by atoms with van der Waals surface area (Å²) < 4.78 is 22.7. The summed E-state index contributed by atoms with van der Waals surface area (Å²) in [5.74, 6) is 0. The lowest BCUT2D eigenvalue weighted by Gasteiger charge is -2.07. The van der Waals surface area contributed by atoms with Crippen molar-refractivity contribution in [3.05, 3.63) is 40.9 Å². The number of fused-ring (bicyclic) bond motifs is 1. The highest BCUT2D eigenvalue weighted by Gasteiger charge is 2.13. The number of aryl methyl sites for hydroxylation is 1. The molecule has 0 aliphatic heterocycles. The van der Waals surface area contributed by atoms with E-state index in [2.05, 4.69) is 0 Å². The Balaban J connectivity index is 2.88. The first-order chi connectivity index (χ1) is 7.39. The number of halogens is 1. The van der Waals surface area contributed by atoms with Crippen molar-refractivity contribution in [2.75, 3.05) is 0 Å². The molecule has 2 aromatic rings. The number of rotatable bonds is 1. The zero-order valence-corrected chi connectivity index (χ0v) is 10.1. The number of primary sulfonamides is 1. The maximum atomic E-state index is 11.3. The number of nitrogens with two attached hydrogens (primary N) is 1. The van der Waals surface area contributed by atoms with Crippen LogP contribution in [-0.4, -0.2) is 8.42 Å². The lowest BCUT2D eigenvalue weighted by Crippen LogP contribution is -2.13. The van der Waals surface area contributed by atoms with Crippen LogP contribution in [0.4, 0.5) is 0 Å². The molecule has 0 heterocycles. The van der Waals surface area contributed by atoms with Crippen molar-refractivity contribution in [2.24, 2.45) is 5.14 Å². The maximum Gasteiger partial charge on any atom is 0.238 e. The molecule has 2 rings (SSSR count). The molecule has 0 saturated carbocycles. The van der Waals surface area contributed by atoms with Gasteiger partial charge in [0.1, 0.15) is 0 Å². The molecule has 0 atom stereocenters. The molecule has 84 valence electrons. The second-order valence-corrected chi connectivity index (χ2v) is 5.56. The van der Waals surface area contributed by atoms with E-state index in [1.165, 1.54) is 0 Å². The third kappa shape index (κ3) is 1.91. The van der Waals surface area contributed by atoms with Gasteiger partial charge in [0.15, 0.2) is 0 Å². The summed E-state index contributed by atoms with van der Waals surface area (Å²) >= 11 is 6.01. The molecule has 2 N–H and O–H groups in total. The van der Waals surface area contributed by atoms with Crippen LogP contribution < -0.4 is 5.14 Å². The van der Waals surface area contributed by atoms with Crippen molar-refractivity contribution >= 4 is 32.4 Å². The predicted molar refractivity (Wildman–Crippen MR) is 65.1 cm³/mol. The summed E-state index contributed by atoms with van der Waals surface area (Å²) in [6, 6.07) is 8.62. The van der Waals surface area contributed by atoms with Gasteiger partial charge in [0, 0.05) is 10.4 Å². The fourth-order valence-electron chi connectivity index (χ4n) is 1.68. The van der Waals surface area contributed by atoms with Crippen molar-refractivity contribution in [3.8, 4) is 0 Å². The van der Waals surface area contributed by atoms with Crippen LogP contribution in [0, 0.1) is 6.92 Å². The van der Waals surface area contributed by atoms with Crippen LogP contribution in [0.2, 0.25) is 5.02 Å². The Kier molecular flexibility index (Phi) is 2.66. The summed E-state index contributed by atoms with van der Waals surface area (Å²) in [6.07, 6.45) is 0. The summed E-state index contributed by atoms with van der Waals surface area (Å²) in [5.41, 5.74) is 0.600. The van der Waals surface area contributed by atoms with Crippen molar-refractivity contribution in [1.82, 2.24) is 0 Å². The highest BCUT2D eigenvalue weighted by atomic mass is 35.5. The third-order valence-corrected chi connectivity index (χ3v) is 3.81. The highest BCUT2D eigenvalue weighted by Crippen LogP contribution is 2.27. The lowest BCUT2D eigenvalue weighted by molar-refractivity contribution is 0.597. The van der Waals surface area contributed by atoms with E-state index in [1.54, 1.807) is 37.3 Å². The van der Waals surface area contributed by atoms with Crippen LogP contribution in [0.5, 0.6) is 0 Å². The van der Waals surface area contributed by atoms with E-state index in [4.69, 9.17) is 16.7 Å². The second kappa shape index (κ2) is 3.73. The molecule has 0 unspecified atom stereocenters. The monoisotopic (exact) mass is 255 g/mol. The van der Waals surface area contributed by atoms with Crippen molar-refractivity contribution in [3.63, 3.8) is 0 Å². The molecule has 0 aromatic heterocycles. The summed E-state index contributed by atoms with van der Waals surface area (Å²) in [4.78, 5) is 0.141. The van der Waals surface area contributed by atoms with Gasteiger partial charge in [0.05, 0.1) is 4.90 Å². The molecule has 0 spiro atoms. The van der Waals surface area contributed by atoms with E-state index < -0.39 is 10.0 Å². The van der Waals surface area contributed by atoms with E-state index in [1.807, 2.05) is 0 Å². The standard InChI is InChI=1S/C11H10ClNO2S/c1-7-5-9-8(3-2-4-10(9)12)6-11(7)16(13,14)15/h2-6H,1H3,(H2,13,14,15). The number of hydrogen-bond donors (Lipinski definition) is 1. The largest absolute Gasteiger partial charge is 0.238 e. The topological polar surface area (TPSA) is 60.2 Å². The summed E-state index contributed by atoms with van der Waals surface area (Å²) in [6.45, 7) is 1.70. The van der Waals surface area contributed by atoms with E-state index in [0.717, 1.165) is 10.8 Å². The molecular formula is C11H10ClNO2S. The van der Waals surface area contributed by atoms with Gasteiger partial charge in [-0.25, -0.2) is 13.6 Å². The fourth-order valence-corrected chi connectivity index (χ4v) is 2.72. The number of sulfonamides is 1. The Labute approximate surface area is 98.9 Å². The SMILES string of the molecule is Cc1cc2c(Cl)cccc2cc1S(N)(=O)=O. The van der Waals surface area contributed by atoms with Crippen molar-refractivity contribution < 1.29 is 8.42 Å². The van der Waals surface area contributed by atoms with Gasteiger partial charge >= 0.3 is 0 Å². The molecule has 0 fully saturated rings. The van der Waals surface area contributed by atoms with E-state index in [0.29, 0.717) is 10.6 Å². The van der Waals surface area contributed by atoms with Crippen molar-refractivity contribution in [2.45, 2.75) is 11.8 Å². The average molecular weight is 256 g/mol. The molecule has 0 amide bonds. The molecule has 5 heteroatoms. The smallest absolute Gasteiger partial charge is 0.225 e. The quantitative estimate of drug-likeness (QED) is 0.851. The Hall–Kier alpha value is -1.10. The van der Waals surface area contributed by atoms with Gasteiger partial charge in [-0.15, -0.1) is 0 Å². The fraction of sp³-hybridized carbons (Fsp3) is 0.0909. The van der Waals surface area contributed by atoms with E-state index in [-0.39, 0.29) is 4.90 Å². The minimum absolute atomic E-state index is 0.141. The zero-order valence-electron chi connectivity index (χ0n) is 8.57. The van der Waals surface area contributed by atoms with Gasteiger partial charge in [-0.05, 0) is 36.1 Å². The van der Waals surface area contributed by atoms with Crippen LogP contribution in [0.3, 0.4) is 0 Å². The molecule has 0 aliphatic rings. The first kappa shape index (κ1) is 11.4. The van der Waals surface area contributed by atoms with Gasteiger partial charge in [0.2, 0.25) is 10.0 Å². The first-order valence-electron chi connectivity index (χ1n) is 4.61. The normalized spacial score (nSPS) is 11.9. The van der Waals surface area contributed by atoms with Crippen LogP contribution in [0.1, 0.15) is 5.56 Å². The maximum absolute atomic E-state index is 11.3. The molecular weight excluding hydrogens is 246 g/mol. The minimum atomic E-state index is -3.68. The van der Waals surface area contributed by atoms with Gasteiger partial charge in [-0.3, -0.25) is 0 Å². The first-order valence-corrected chi connectivity index (χ1v) is 6.54. The van der Waals surface area contributed by atoms with Crippen molar-refractivity contribution in [1.29, 1.82) is 0 Å². The van der Waals surface area contributed by atoms with Gasteiger partial charge in [-0.1, -0.05) is 23.7 Å². The van der Waals surface area contributed by atoms with Crippen LogP contribution in [-0.2, 0) is 10.0 Å². The van der Waals surface area contributed by atoms with E-state index >= 15 is 0 Å². The molecule has 0 bridgehead atoms. The molecule has 2 aromatic carbocycles. The van der Waals surface area contributed by atoms with E-state index in [9.17, 15) is 8.42 Å². The highest BCUT2D eigenvalue weighted by molar-refractivity contribution is 7.89. The van der Waals surface area contributed by atoms with Gasteiger partial charge < -0.3 is 0 Å². The van der Waals surface area contributed by atoms with Crippen LogP contribution >= 0.6 is 11.6 Å². The second-order valence-electron chi connectivity index (χ2n) is 3.62. The zero-order chi connectivity index (χ0) is 11.9. The Morgan fingerprint density at radius 2 is 1.94 bits per heavy atom. The third-order valence-electron chi connectivity index (χ3n) is 2.43. The summed E-state index contributed by atoms with van der Waals surface area (Å²) in [5, 5.41) is 7.32. The number of benzene rings is 2. The lowest BCUT2D eigenvalue weighted by atomic mass is 10.1. The van der Waals surface area contributed by atoms with Gasteiger partial charge in [0.25, 0.3) is 0 Å². The van der Waals surface area contributed by atoms with Gasteiger partial charge in [-0.2, -0.15) is 0 Å². The minimum Gasteiger partial charge on any atom is -0.225 e. The summed E-state index contributed by atoms with van der Waals surface area (Å²) in [7, 11) is -3.68.